The normalized spacial score (nSPS) is 11.5. The lowest BCUT2D eigenvalue weighted by Crippen LogP contribution is -1.89. The topological polar surface area (TPSA) is 41.6 Å². The highest BCUT2D eigenvalue weighted by molar-refractivity contribution is 6.19. The first-order valence-electron chi connectivity index (χ1n) is 7.71. The Morgan fingerprint density at radius 1 is 0.875 bits per heavy atom. The van der Waals surface area contributed by atoms with Gasteiger partial charge in [-0.15, -0.1) is 0 Å². The maximum Gasteiger partial charge on any atom is 0.139 e. The lowest BCUT2D eigenvalue weighted by atomic mass is 9.97. The van der Waals surface area contributed by atoms with Crippen molar-refractivity contribution in [3.05, 3.63) is 72.8 Å². The Bertz CT molecular complexity index is 1210. The number of aromatic nitrogens is 3. The number of hydrogen-bond acceptors (Lipinski definition) is 2. The van der Waals surface area contributed by atoms with Crippen molar-refractivity contribution in [3.8, 4) is 11.1 Å². The minimum absolute atomic E-state index is 0.265. The van der Waals surface area contributed by atoms with Crippen LogP contribution in [0, 0.1) is 5.82 Å². The number of benzene rings is 2. The number of halogens is 1. The fourth-order valence-corrected chi connectivity index (χ4v) is 3.34. The van der Waals surface area contributed by atoms with Crippen LogP contribution in [0.3, 0.4) is 0 Å². The molecule has 3 heterocycles. The van der Waals surface area contributed by atoms with E-state index in [4.69, 9.17) is 4.98 Å². The van der Waals surface area contributed by atoms with Gasteiger partial charge in [0, 0.05) is 39.6 Å². The van der Waals surface area contributed by atoms with E-state index < -0.39 is 0 Å². The van der Waals surface area contributed by atoms with Crippen LogP contribution in [-0.4, -0.2) is 15.0 Å². The summed E-state index contributed by atoms with van der Waals surface area (Å²) in [5, 5.41) is 2.89. The first-order valence-corrected chi connectivity index (χ1v) is 7.71. The van der Waals surface area contributed by atoms with Crippen LogP contribution in [-0.2, 0) is 0 Å². The Morgan fingerprint density at radius 3 is 2.58 bits per heavy atom. The number of hydrogen-bond donors (Lipinski definition) is 1. The van der Waals surface area contributed by atoms with Gasteiger partial charge in [-0.05, 0) is 42.0 Å². The van der Waals surface area contributed by atoms with Crippen molar-refractivity contribution >= 4 is 32.8 Å². The van der Waals surface area contributed by atoms with E-state index in [-0.39, 0.29) is 5.82 Å². The van der Waals surface area contributed by atoms with Crippen molar-refractivity contribution in [2.75, 3.05) is 0 Å². The van der Waals surface area contributed by atoms with Crippen molar-refractivity contribution in [2.45, 2.75) is 0 Å². The summed E-state index contributed by atoms with van der Waals surface area (Å²) in [6.45, 7) is 0. The van der Waals surface area contributed by atoms with E-state index in [2.05, 4.69) is 16.0 Å². The standard InChI is InChI=1S/C20H12FN3/c21-13-5-6-17-15(11-13)18(12-7-9-22-10-8-12)19-14-3-1-2-4-16(14)23-20(19)24-17/h1-11H,(H,23,24). The number of aromatic amines is 1. The summed E-state index contributed by atoms with van der Waals surface area (Å²) in [6.07, 6.45) is 3.50. The highest BCUT2D eigenvalue weighted by Crippen LogP contribution is 2.38. The highest BCUT2D eigenvalue weighted by Gasteiger charge is 2.16. The molecule has 0 saturated heterocycles. The maximum absolute atomic E-state index is 13.9. The summed E-state index contributed by atoms with van der Waals surface area (Å²) in [6, 6.07) is 16.7. The van der Waals surface area contributed by atoms with E-state index in [1.807, 2.05) is 30.3 Å². The average molecular weight is 313 g/mol. The second-order valence-corrected chi connectivity index (χ2v) is 5.78. The molecule has 0 fully saturated rings. The second kappa shape index (κ2) is 4.86. The number of rotatable bonds is 1. The zero-order valence-electron chi connectivity index (χ0n) is 12.6. The van der Waals surface area contributed by atoms with Gasteiger partial charge >= 0.3 is 0 Å². The number of pyridine rings is 2. The van der Waals surface area contributed by atoms with Crippen LogP contribution in [0.5, 0.6) is 0 Å². The Hall–Kier alpha value is -3.27. The summed E-state index contributed by atoms with van der Waals surface area (Å²) < 4.78 is 13.9. The third-order valence-corrected chi connectivity index (χ3v) is 4.37. The van der Waals surface area contributed by atoms with Crippen LogP contribution in [0.25, 0.3) is 44.0 Å². The molecule has 0 bridgehead atoms. The average Bonchev–Trinajstić information content (AvgIpc) is 2.98. The third kappa shape index (κ3) is 1.83. The van der Waals surface area contributed by atoms with E-state index in [1.54, 1.807) is 24.5 Å². The minimum Gasteiger partial charge on any atom is -0.339 e. The van der Waals surface area contributed by atoms with Crippen molar-refractivity contribution < 1.29 is 4.39 Å². The Morgan fingerprint density at radius 2 is 1.71 bits per heavy atom. The molecule has 5 rings (SSSR count). The number of fused-ring (bicyclic) bond motifs is 4. The minimum atomic E-state index is -0.265. The zero-order valence-corrected chi connectivity index (χ0v) is 12.6. The van der Waals surface area contributed by atoms with Gasteiger partial charge in [-0.25, -0.2) is 9.37 Å². The molecule has 2 aromatic carbocycles. The molecule has 24 heavy (non-hydrogen) atoms. The van der Waals surface area contributed by atoms with E-state index in [1.165, 1.54) is 6.07 Å². The maximum atomic E-state index is 13.9. The number of nitrogens with zero attached hydrogens (tertiary/aromatic N) is 2. The Balaban J connectivity index is 2.08. The number of nitrogens with one attached hydrogen (secondary N) is 1. The predicted molar refractivity (Wildman–Crippen MR) is 94.3 cm³/mol. The summed E-state index contributed by atoms with van der Waals surface area (Å²) in [4.78, 5) is 12.2. The molecule has 114 valence electrons. The monoisotopic (exact) mass is 313 g/mol. The molecule has 1 N–H and O–H groups in total. The van der Waals surface area contributed by atoms with E-state index in [9.17, 15) is 4.39 Å². The van der Waals surface area contributed by atoms with Gasteiger partial charge in [-0.2, -0.15) is 0 Å². The van der Waals surface area contributed by atoms with Crippen molar-refractivity contribution in [2.24, 2.45) is 0 Å². The van der Waals surface area contributed by atoms with Crippen LogP contribution in [0.4, 0.5) is 4.39 Å². The molecule has 0 aliphatic carbocycles. The van der Waals surface area contributed by atoms with Gasteiger partial charge in [0.15, 0.2) is 0 Å². The van der Waals surface area contributed by atoms with Gasteiger partial charge in [0.25, 0.3) is 0 Å². The van der Waals surface area contributed by atoms with E-state index >= 15 is 0 Å². The molecule has 0 amide bonds. The summed E-state index contributed by atoms with van der Waals surface area (Å²) >= 11 is 0. The van der Waals surface area contributed by atoms with Gasteiger partial charge in [-0.1, -0.05) is 18.2 Å². The van der Waals surface area contributed by atoms with Crippen LogP contribution in [0.15, 0.2) is 67.0 Å². The summed E-state index contributed by atoms with van der Waals surface area (Å²) in [7, 11) is 0. The largest absolute Gasteiger partial charge is 0.339 e. The van der Waals surface area contributed by atoms with Crippen LogP contribution in [0.1, 0.15) is 0 Å². The molecular formula is C20H12FN3. The summed E-state index contributed by atoms with van der Waals surface area (Å²) in [5.74, 6) is -0.265. The van der Waals surface area contributed by atoms with Gasteiger partial charge in [0.05, 0.1) is 5.52 Å². The Kier molecular flexibility index (Phi) is 2.67. The molecule has 3 nitrogen and oxygen atoms in total. The zero-order chi connectivity index (χ0) is 16.1. The van der Waals surface area contributed by atoms with E-state index in [0.29, 0.717) is 0 Å². The SMILES string of the molecule is Fc1ccc2nc3[nH]c4ccccc4c3c(-c3ccncc3)c2c1. The fraction of sp³-hybridized carbons (Fsp3) is 0. The number of H-pyrrole nitrogens is 1. The molecule has 0 atom stereocenters. The van der Waals surface area contributed by atoms with Crippen molar-refractivity contribution in [1.29, 1.82) is 0 Å². The molecule has 5 aromatic rings. The van der Waals surface area contributed by atoms with Crippen molar-refractivity contribution in [3.63, 3.8) is 0 Å². The first-order chi connectivity index (χ1) is 11.8. The fourth-order valence-electron chi connectivity index (χ4n) is 3.34. The van der Waals surface area contributed by atoms with Gasteiger partial charge in [0.2, 0.25) is 0 Å². The second-order valence-electron chi connectivity index (χ2n) is 5.78. The smallest absolute Gasteiger partial charge is 0.139 e. The predicted octanol–water partition coefficient (Wildman–Crippen LogP) is 5.07. The summed E-state index contributed by atoms with van der Waals surface area (Å²) in [5.41, 5.74) is 4.57. The lowest BCUT2D eigenvalue weighted by molar-refractivity contribution is 0.629. The molecule has 0 aliphatic rings. The molecule has 0 radical (unpaired) electrons. The number of para-hydroxylation sites is 1. The van der Waals surface area contributed by atoms with Crippen molar-refractivity contribution in [1.82, 2.24) is 15.0 Å². The van der Waals surface area contributed by atoms with Gasteiger partial charge in [0.1, 0.15) is 11.5 Å². The molecular weight excluding hydrogens is 301 g/mol. The highest BCUT2D eigenvalue weighted by atomic mass is 19.1. The molecule has 4 heteroatoms. The molecule has 0 unspecified atom stereocenters. The first kappa shape index (κ1) is 13.2. The lowest BCUT2D eigenvalue weighted by Gasteiger charge is -2.09. The molecule has 0 saturated carbocycles. The van der Waals surface area contributed by atoms with Crippen LogP contribution < -0.4 is 0 Å². The Labute approximate surface area is 136 Å². The molecule has 0 aliphatic heterocycles. The van der Waals surface area contributed by atoms with Crippen LogP contribution in [0.2, 0.25) is 0 Å². The van der Waals surface area contributed by atoms with Gasteiger partial charge < -0.3 is 4.98 Å². The molecule has 0 spiro atoms. The van der Waals surface area contributed by atoms with E-state index in [0.717, 1.165) is 44.0 Å². The van der Waals surface area contributed by atoms with Gasteiger partial charge in [-0.3, -0.25) is 4.98 Å². The quantitative estimate of drug-likeness (QED) is 0.469. The molecule has 3 aromatic heterocycles. The van der Waals surface area contributed by atoms with Crippen LogP contribution >= 0.6 is 0 Å². The third-order valence-electron chi connectivity index (χ3n) is 4.37.